The van der Waals surface area contributed by atoms with Crippen LogP contribution in [0.4, 0.5) is 0 Å². The molecule has 1 aliphatic rings. The minimum Gasteiger partial charge on any atom is -0.465 e. The first-order valence-corrected chi connectivity index (χ1v) is 6.24. The van der Waals surface area contributed by atoms with E-state index in [1.807, 2.05) is 18.2 Å². The van der Waals surface area contributed by atoms with E-state index in [1.165, 1.54) is 12.0 Å². The van der Waals surface area contributed by atoms with Gasteiger partial charge < -0.3 is 9.47 Å². The van der Waals surface area contributed by atoms with Crippen molar-refractivity contribution >= 4 is 11.6 Å². The summed E-state index contributed by atoms with van der Waals surface area (Å²) in [5, 5.41) is 0.711. The third-order valence-electron chi connectivity index (χ3n) is 2.81. The van der Waals surface area contributed by atoms with Crippen molar-refractivity contribution in [2.75, 3.05) is 6.61 Å². The summed E-state index contributed by atoms with van der Waals surface area (Å²) < 4.78 is 11.4. The summed E-state index contributed by atoms with van der Waals surface area (Å²) in [5.74, 6) is 0.863. The second kappa shape index (κ2) is 5.55. The fourth-order valence-corrected chi connectivity index (χ4v) is 2.04. The van der Waals surface area contributed by atoms with Gasteiger partial charge in [0, 0.05) is 11.4 Å². The molecule has 0 saturated carbocycles. The van der Waals surface area contributed by atoms with Crippen molar-refractivity contribution in [3.8, 4) is 5.75 Å². The normalized spacial score (nSPS) is 20.8. The van der Waals surface area contributed by atoms with E-state index in [9.17, 15) is 0 Å². The molecule has 1 saturated heterocycles. The highest BCUT2D eigenvalue weighted by Crippen LogP contribution is 2.27. The molecule has 0 radical (unpaired) electrons. The first-order chi connectivity index (χ1) is 7.79. The lowest BCUT2D eigenvalue weighted by atomic mass is 10.1. The molecule has 0 aliphatic carbocycles. The van der Waals surface area contributed by atoms with Crippen molar-refractivity contribution in [3.05, 3.63) is 28.8 Å². The van der Waals surface area contributed by atoms with Crippen LogP contribution in [0, 0.1) is 0 Å². The Kier molecular flexibility index (Phi) is 4.08. The van der Waals surface area contributed by atoms with Gasteiger partial charge in [-0.15, -0.1) is 0 Å². The number of benzene rings is 1. The van der Waals surface area contributed by atoms with Gasteiger partial charge in [0.1, 0.15) is 5.75 Å². The van der Waals surface area contributed by atoms with Crippen LogP contribution < -0.4 is 4.74 Å². The topological polar surface area (TPSA) is 18.5 Å². The fraction of sp³-hybridized carbons (Fsp3) is 0.538. The number of halogens is 1. The van der Waals surface area contributed by atoms with Crippen molar-refractivity contribution in [3.63, 3.8) is 0 Å². The van der Waals surface area contributed by atoms with Crippen LogP contribution >= 0.6 is 11.6 Å². The van der Waals surface area contributed by atoms with Crippen molar-refractivity contribution in [1.82, 2.24) is 0 Å². The third-order valence-corrected chi connectivity index (χ3v) is 3.04. The van der Waals surface area contributed by atoms with Crippen LogP contribution in [0.25, 0.3) is 0 Å². The van der Waals surface area contributed by atoms with Crippen molar-refractivity contribution in [1.29, 1.82) is 0 Å². The summed E-state index contributed by atoms with van der Waals surface area (Å²) in [6.45, 7) is 2.91. The van der Waals surface area contributed by atoms with Crippen LogP contribution in [-0.4, -0.2) is 12.9 Å². The van der Waals surface area contributed by atoms with Gasteiger partial charge in [-0.3, -0.25) is 0 Å². The summed E-state index contributed by atoms with van der Waals surface area (Å²) in [5.41, 5.74) is 1.18. The van der Waals surface area contributed by atoms with Gasteiger partial charge in [0.25, 0.3) is 0 Å². The molecule has 2 nitrogen and oxygen atoms in total. The number of ether oxygens (including phenoxy) is 2. The molecule has 1 heterocycles. The molecule has 88 valence electrons. The van der Waals surface area contributed by atoms with Gasteiger partial charge in [-0.2, -0.15) is 0 Å². The molecule has 0 bridgehead atoms. The second-order valence-electron chi connectivity index (χ2n) is 4.02. The standard InChI is InChI=1S/C13H17ClO2/c1-2-10-6-7-11(14)9-12(10)16-13-5-3-4-8-15-13/h6-7,9,13H,2-5,8H2,1H3. The number of hydrogen-bond acceptors (Lipinski definition) is 2. The van der Waals surface area contributed by atoms with Crippen molar-refractivity contribution < 1.29 is 9.47 Å². The van der Waals surface area contributed by atoms with Gasteiger partial charge in [0.05, 0.1) is 6.61 Å². The molecule has 1 atom stereocenters. The number of aryl methyl sites for hydroxylation is 1. The maximum atomic E-state index is 5.97. The average molecular weight is 241 g/mol. The zero-order valence-corrected chi connectivity index (χ0v) is 10.3. The Balaban J connectivity index is 2.09. The lowest BCUT2D eigenvalue weighted by Crippen LogP contribution is -2.25. The van der Waals surface area contributed by atoms with Crippen LogP contribution in [-0.2, 0) is 11.2 Å². The van der Waals surface area contributed by atoms with E-state index in [0.717, 1.165) is 31.6 Å². The minimum absolute atomic E-state index is 0.0995. The zero-order valence-electron chi connectivity index (χ0n) is 9.54. The Bertz CT molecular complexity index is 346. The highest BCUT2D eigenvalue weighted by Gasteiger charge is 2.16. The molecule has 2 rings (SSSR count). The molecular weight excluding hydrogens is 224 g/mol. The molecular formula is C13H17ClO2. The van der Waals surface area contributed by atoms with Gasteiger partial charge in [-0.05, 0) is 37.0 Å². The summed E-state index contributed by atoms with van der Waals surface area (Å²) in [6.07, 6.45) is 4.12. The Hall–Kier alpha value is -0.730. The van der Waals surface area contributed by atoms with Gasteiger partial charge in [-0.25, -0.2) is 0 Å². The molecule has 1 aliphatic heterocycles. The van der Waals surface area contributed by atoms with Gasteiger partial charge >= 0.3 is 0 Å². The Labute approximate surface area is 102 Å². The van der Waals surface area contributed by atoms with Crippen LogP contribution in [0.5, 0.6) is 5.75 Å². The first kappa shape index (κ1) is 11.7. The quantitative estimate of drug-likeness (QED) is 0.800. The largest absolute Gasteiger partial charge is 0.465 e. The molecule has 16 heavy (non-hydrogen) atoms. The number of rotatable bonds is 3. The minimum atomic E-state index is -0.0995. The van der Waals surface area contributed by atoms with Crippen LogP contribution in [0.3, 0.4) is 0 Å². The van der Waals surface area contributed by atoms with Crippen LogP contribution in [0.15, 0.2) is 18.2 Å². The van der Waals surface area contributed by atoms with E-state index < -0.39 is 0 Å². The third kappa shape index (κ3) is 2.89. The Morgan fingerprint density at radius 3 is 3.00 bits per heavy atom. The van der Waals surface area contributed by atoms with E-state index in [0.29, 0.717) is 5.02 Å². The highest BCUT2D eigenvalue weighted by molar-refractivity contribution is 6.30. The average Bonchev–Trinajstić information content (AvgIpc) is 2.31. The second-order valence-corrected chi connectivity index (χ2v) is 4.46. The first-order valence-electron chi connectivity index (χ1n) is 5.86. The molecule has 0 aromatic heterocycles. The maximum absolute atomic E-state index is 5.97. The van der Waals surface area contributed by atoms with E-state index in [4.69, 9.17) is 21.1 Å². The maximum Gasteiger partial charge on any atom is 0.199 e. The fourth-order valence-electron chi connectivity index (χ4n) is 1.88. The van der Waals surface area contributed by atoms with Gasteiger partial charge in [-0.1, -0.05) is 24.6 Å². The van der Waals surface area contributed by atoms with E-state index in [2.05, 4.69) is 6.92 Å². The zero-order chi connectivity index (χ0) is 11.4. The van der Waals surface area contributed by atoms with E-state index >= 15 is 0 Å². The lowest BCUT2D eigenvalue weighted by Gasteiger charge is -2.24. The Morgan fingerprint density at radius 1 is 1.44 bits per heavy atom. The molecule has 3 heteroatoms. The summed E-state index contributed by atoms with van der Waals surface area (Å²) in [4.78, 5) is 0. The SMILES string of the molecule is CCc1ccc(Cl)cc1OC1CCCCO1. The molecule has 1 aromatic carbocycles. The predicted octanol–water partition coefficient (Wildman–Crippen LogP) is 3.81. The summed E-state index contributed by atoms with van der Waals surface area (Å²) in [7, 11) is 0. The molecule has 0 amide bonds. The number of hydrogen-bond donors (Lipinski definition) is 0. The smallest absolute Gasteiger partial charge is 0.199 e. The summed E-state index contributed by atoms with van der Waals surface area (Å²) in [6, 6.07) is 5.79. The van der Waals surface area contributed by atoms with Gasteiger partial charge in [0.15, 0.2) is 6.29 Å². The Morgan fingerprint density at radius 2 is 2.31 bits per heavy atom. The van der Waals surface area contributed by atoms with Crippen LogP contribution in [0.2, 0.25) is 5.02 Å². The van der Waals surface area contributed by atoms with Crippen LogP contribution in [0.1, 0.15) is 31.7 Å². The molecule has 0 spiro atoms. The van der Waals surface area contributed by atoms with E-state index in [-0.39, 0.29) is 6.29 Å². The monoisotopic (exact) mass is 240 g/mol. The predicted molar refractivity (Wildman–Crippen MR) is 65.0 cm³/mol. The molecule has 0 N–H and O–H groups in total. The molecule has 1 aromatic rings. The van der Waals surface area contributed by atoms with Crippen molar-refractivity contribution in [2.24, 2.45) is 0 Å². The molecule has 1 unspecified atom stereocenters. The lowest BCUT2D eigenvalue weighted by molar-refractivity contribution is -0.106. The van der Waals surface area contributed by atoms with E-state index in [1.54, 1.807) is 0 Å². The highest BCUT2D eigenvalue weighted by atomic mass is 35.5. The van der Waals surface area contributed by atoms with Crippen molar-refractivity contribution in [2.45, 2.75) is 38.9 Å². The van der Waals surface area contributed by atoms with Gasteiger partial charge in [0.2, 0.25) is 0 Å². The molecule has 1 fully saturated rings. The summed E-state index contributed by atoms with van der Waals surface area (Å²) >= 11 is 5.97.